The van der Waals surface area contributed by atoms with Crippen molar-refractivity contribution in [3.8, 4) is 11.5 Å². The summed E-state index contributed by atoms with van der Waals surface area (Å²) >= 11 is 0. The quantitative estimate of drug-likeness (QED) is 0.849. The lowest BCUT2D eigenvalue weighted by atomic mass is 9.91. The summed E-state index contributed by atoms with van der Waals surface area (Å²) in [7, 11) is 0. The van der Waals surface area contributed by atoms with Crippen LogP contribution in [0, 0.1) is 0 Å². The molecule has 3 aliphatic rings. The fourth-order valence-corrected chi connectivity index (χ4v) is 3.10. The predicted molar refractivity (Wildman–Crippen MR) is 76.2 cm³/mol. The molecule has 4 heteroatoms. The van der Waals surface area contributed by atoms with Crippen molar-refractivity contribution in [2.24, 2.45) is 0 Å². The molecule has 1 saturated heterocycles. The Morgan fingerprint density at radius 1 is 1.05 bits per heavy atom. The third-order valence-corrected chi connectivity index (χ3v) is 4.05. The zero-order chi connectivity index (χ0) is 13.4. The third kappa shape index (κ3) is 2.30. The smallest absolute Gasteiger partial charge is 0.161 e. The molecule has 2 bridgehead atoms. The first-order valence-corrected chi connectivity index (χ1v) is 7.33. The fourth-order valence-electron chi connectivity index (χ4n) is 3.10. The van der Waals surface area contributed by atoms with Crippen LogP contribution in [0.15, 0.2) is 24.3 Å². The highest BCUT2D eigenvalue weighted by Crippen LogP contribution is 2.35. The minimum atomic E-state index is 0.341. The van der Waals surface area contributed by atoms with Crippen LogP contribution < -0.4 is 14.8 Å². The van der Waals surface area contributed by atoms with E-state index in [-0.39, 0.29) is 0 Å². The van der Waals surface area contributed by atoms with Crippen LogP contribution in [0.25, 0.3) is 5.57 Å². The van der Waals surface area contributed by atoms with Gasteiger partial charge < -0.3 is 19.5 Å². The van der Waals surface area contributed by atoms with Crippen molar-refractivity contribution in [1.82, 2.24) is 5.32 Å². The average Bonchev–Trinajstić information content (AvgIpc) is 2.71. The van der Waals surface area contributed by atoms with Crippen LogP contribution in [0.1, 0.15) is 18.4 Å². The molecule has 0 radical (unpaired) electrons. The minimum absolute atomic E-state index is 0.341. The van der Waals surface area contributed by atoms with E-state index in [9.17, 15) is 0 Å². The summed E-state index contributed by atoms with van der Waals surface area (Å²) < 4.78 is 17.0. The number of hydrogen-bond donors (Lipinski definition) is 1. The molecule has 1 fully saturated rings. The summed E-state index contributed by atoms with van der Waals surface area (Å²) in [6, 6.07) is 7.07. The molecule has 0 saturated carbocycles. The highest BCUT2D eigenvalue weighted by atomic mass is 16.5. The van der Waals surface area contributed by atoms with E-state index in [1.165, 1.54) is 11.1 Å². The van der Waals surface area contributed by atoms with Gasteiger partial charge in [-0.3, -0.25) is 0 Å². The van der Waals surface area contributed by atoms with E-state index in [0.29, 0.717) is 12.1 Å². The van der Waals surface area contributed by atoms with Crippen LogP contribution >= 0.6 is 0 Å². The molecule has 0 aliphatic carbocycles. The second-order valence-electron chi connectivity index (χ2n) is 5.62. The molecule has 4 rings (SSSR count). The van der Waals surface area contributed by atoms with Crippen LogP contribution in [0.2, 0.25) is 0 Å². The van der Waals surface area contributed by atoms with Crippen LogP contribution in [0.5, 0.6) is 11.5 Å². The van der Waals surface area contributed by atoms with E-state index < -0.39 is 0 Å². The summed E-state index contributed by atoms with van der Waals surface area (Å²) in [5, 5.41) is 3.57. The SMILES string of the molecule is C1=C(c2ccc3c(c2)OCCCO3)CC2COCC1N2. The van der Waals surface area contributed by atoms with Crippen LogP contribution in [0.3, 0.4) is 0 Å². The average molecular weight is 273 g/mol. The standard InChI is InChI=1S/C16H19NO3/c1-4-19-15-3-2-11(8-16(15)20-5-1)12-6-13-9-18-10-14(7-12)17-13/h2-3,6,8,13-14,17H,1,4-5,7,9-10H2. The molecule has 1 aromatic carbocycles. The van der Waals surface area contributed by atoms with Gasteiger partial charge in [-0.15, -0.1) is 0 Å². The lowest BCUT2D eigenvalue weighted by molar-refractivity contribution is 0.0561. The van der Waals surface area contributed by atoms with Gasteiger partial charge in [-0.1, -0.05) is 12.1 Å². The number of ether oxygens (including phenoxy) is 3. The van der Waals surface area contributed by atoms with Crippen LogP contribution in [-0.2, 0) is 4.74 Å². The molecule has 1 N–H and O–H groups in total. The molecule has 0 amide bonds. The second kappa shape index (κ2) is 5.11. The molecule has 3 heterocycles. The number of morpholine rings is 1. The molecule has 2 unspecified atom stereocenters. The number of benzene rings is 1. The summed E-state index contributed by atoms with van der Waals surface area (Å²) in [4.78, 5) is 0. The van der Waals surface area contributed by atoms with Crippen molar-refractivity contribution in [2.75, 3.05) is 26.4 Å². The molecule has 106 valence electrons. The van der Waals surface area contributed by atoms with Crippen molar-refractivity contribution >= 4 is 5.57 Å². The van der Waals surface area contributed by atoms with Crippen molar-refractivity contribution < 1.29 is 14.2 Å². The van der Waals surface area contributed by atoms with Gasteiger partial charge in [0.25, 0.3) is 0 Å². The number of rotatable bonds is 1. The first-order valence-electron chi connectivity index (χ1n) is 7.33. The van der Waals surface area contributed by atoms with Crippen molar-refractivity contribution in [3.05, 3.63) is 29.8 Å². The maximum Gasteiger partial charge on any atom is 0.161 e. The molecular weight excluding hydrogens is 254 g/mol. The van der Waals surface area contributed by atoms with E-state index in [1.807, 2.05) is 6.07 Å². The second-order valence-corrected chi connectivity index (χ2v) is 5.62. The summed E-state index contributed by atoms with van der Waals surface area (Å²) in [5.74, 6) is 1.74. The molecule has 3 aliphatic heterocycles. The first-order chi connectivity index (χ1) is 9.88. The van der Waals surface area contributed by atoms with E-state index in [4.69, 9.17) is 14.2 Å². The van der Waals surface area contributed by atoms with E-state index in [1.54, 1.807) is 0 Å². The minimum Gasteiger partial charge on any atom is -0.490 e. The highest BCUT2D eigenvalue weighted by Gasteiger charge is 2.27. The Labute approximate surface area is 118 Å². The third-order valence-electron chi connectivity index (χ3n) is 4.05. The van der Waals surface area contributed by atoms with Gasteiger partial charge in [-0.2, -0.15) is 0 Å². The Hall–Kier alpha value is -1.52. The van der Waals surface area contributed by atoms with E-state index >= 15 is 0 Å². The molecule has 0 spiro atoms. The lowest BCUT2D eigenvalue weighted by Gasteiger charge is -2.35. The zero-order valence-corrected chi connectivity index (χ0v) is 11.4. The van der Waals surface area contributed by atoms with Gasteiger partial charge >= 0.3 is 0 Å². The van der Waals surface area contributed by atoms with Gasteiger partial charge in [-0.05, 0) is 29.7 Å². The zero-order valence-electron chi connectivity index (χ0n) is 11.4. The van der Waals surface area contributed by atoms with Gasteiger partial charge in [0.15, 0.2) is 11.5 Å². The van der Waals surface area contributed by atoms with Crippen LogP contribution in [-0.4, -0.2) is 38.5 Å². The Bertz CT molecular complexity index is 541. The fraction of sp³-hybridized carbons (Fsp3) is 0.500. The Morgan fingerprint density at radius 2 is 1.95 bits per heavy atom. The molecule has 20 heavy (non-hydrogen) atoms. The van der Waals surface area contributed by atoms with Crippen molar-refractivity contribution in [1.29, 1.82) is 0 Å². The normalized spacial score (nSPS) is 28.5. The lowest BCUT2D eigenvalue weighted by Crippen LogP contribution is -2.50. The van der Waals surface area contributed by atoms with E-state index in [0.717, 1.165) is 50.8 Å². The highest BCUT2D eigenvalue weighted by molar-refractivity contribution is 5.70. The first kappa shape index (κ1) is 12.2. The molecule has 0 aromatic heterocycles. The number of nitrogens with one attached hydrogen (secondary N) is 1. The monoisotopic (exact) mass is 273 g/mol. The predicted octanol–water partition coefficient (Wildman–Crippen LogP) is 1.99. The van der Waals surface area contributed by atoms with Gasteiger partial charge in [0, 0.05) is 18.5 Å². The summed E-state index contributed by atoms with van der Waals surface area (Å²) in [5.41, 5.74) is 2.63. The van der Waals surface area contributed by atoms with Gasteiger partial charge in [0.05, 0.1) is 26.4 Å². The van der Waals surface area contributed by atoms with E-state index in [2.05, 4.69) is 23.5 Å². The van der Waals surface area contributed by atoms with Gasteiger partial charge in [-0.25, -0.2) is 0 Å². The van der Waals surface area contributed by atoms with Crippen LogP contribution in [0.4, 0.5) is 0 Å². The largest absolute Gasteiger partial charge is 0.490 e. The van der Waals surface area contributed by atoms with Gasteiger partial charge in [0.2, 0.25) is 0 Å². The molecule has 2 atom stereocenters. The number of fused-ring (bicyclic) bond motifs is 3. The molecular formula is C16H19NO3. The van der Waals surface area contributed by atoms with Crippen molar-refractivity contribution in [2.45, 2.75) is 24.9 Å². The maximum absolute atomic E-state index is 5.78. The topological polar surface area (TPSA) is 39.7 Å². The Morgan fingerprint density at radius 3 is 2.85 bits per heavy atom. The Kier molecular flexibility index (Phi) is 3.13. The van der Waals surface area contributed by atoms with Gasteiger partial charge in [0.1, 0.15) is 0 Å². The van der Waals surface area contributed by atoms with Crippen molar-refractivity contribution in [3.63, 3.8) is 0 Å². The Balaban J connectivity index is 1.65. The molecule has 4 nitrogen and oxygen atoms in total. The summed E-state index contributed by atoms with van der Waals surface area (Å²) in [6.45, 7) is 3.04. The maximum atomic E-state index is 5.78. The number of hydrogen-bond acceptors (Lipinski definition) is 4. The summed E-state index contributed by atoms with van der Waals surface area (Å²) in [6.07, 6.45) is 4.24. The molecule has 1 aromatic rings.